The number of carbonyl (C=O) groups is 1. The maximum absolute atomic E-state index is 12.4. The van der Waals surface area contributed by atoms with Gasteiger partial charge >= 0.3 is 0 Å². The zero-order chi connectivity index (χ0) is 15.6. The molecular weight excluding hydrogens is 292 g/mol. The van der Waals surface area contributed by atoms with Crippen molar-refractivity contribution in [3.8, 4) is 0 Å². The molecule has 1 saturated heterocycles. The van der Waals surface area contributed by atoms with Gasteiger partial charge in [-0.05, 0) is 38.1 Å². The zero-order valence-electron chi connectivity index (χ0n) is 12.4. The molecule has 0 spiro atoms. The molecule has 7 heteroatoms. The van der Waals surface area contributed by atoms with Crippen molar-refractivity contribution < 1.29 is 17.9 Å². The number of amides is 1. The molecule has 21 heavy (non-hydrogen) atoms. The first-order valence-electron chi connectivity index (χ1n) is 6.77. The van der Waals surface area contributed by atoms with Crippen molar-refractivity contribution in [2.24, 2.45) is 0 Å². The molecule has 0 aliphatic carbocycles. The Morgan fingerprint density at radius 3 is 2.19 bits per heavy atom. The number of morpholine rings is 1. The molecule has 1 N–H and O–H groups in total. The van der Waals surface area contributed by atoms with Gasteiger partial charge in [0, 0.05) is 24.3 Å². The van der Waals surface area contributed by atoms with Crippen molar-refractivity contribution in [3.05, 3.63) is 29.8 Å². The molecule has 0 saturated carbocycles. The second-order valence-electron chi connectivity index (χ2n) is 5.42. The fourth-order valence-electron chi connectivity index (χ4n) is 2.42. The molecule has 1 heterocycles. The molecule has 1 aromatic rings. The molecule has 1 aliphatic rings. The second-order valence-corrected chi connectivity index (χ2v) is 7.17. The van der Waals surface area contributed by atoms with Gasteiger partial charge in [0.15, 0.2) is 0 Å². The molecule has 1 aromatic carbocycles. The highest BCUT2D eigenvalue weighted by molar-refractivity contribution is 7.92. The van der Waals surface area contributed by atoms with Gasteiger partial charge in [-0.25, -0.2) is 8.42 Å². The Bertz CT molecular complexity index is 602. The van der Waals surface area contributed by atoms with Gasteiger partial charge in [0.25, 0.3) is 5.91 Å². The minimum atomic E-state index is -3.31. The van der Waals surface area contributed by atoms with E-state index in [9.17, 15) is 13.2 Å². The van der Waals surface area contributed by atoms with Crippen LogP contribution >= 0.6 is 0 Å². The van der Waals surface area contributed by atoms with Crippen LogP contribution in [-0.2, 0) is 14.8 Å². The van der Waals surface area contributed by atoms with Gasteiger partial charge in [-0.3, -0.25) is 9.52 Å². The van der Waals surface area contributed by atoms with Crippen LogP contribution in [0.25, 0.3) is 0 Å². The van der Waals surface area contributed by atoms with Crippen LogP contribution in [0.3, 0.4) is 0 Å². The first-order chi connectivity index (χ1) is 9.74. The Kier molecular flexibility index (Phi) is 4.53. The predicted molar refractivity (Wildman–Crippen MR) is 80.8 cm³/mol. The molecule has 1 fully saturated rings. The average Bonchev–Trinajstić information content (AvgIpc) is 2.35. The van der Waals surface area contributed by atoms with Crippen LogP contribution in [0.5, 0.6) is 0 Å². The Labute approximate surface area is 125 Å². The zero-order valence-corrected chi connectivity index (χ0v) is 13.2. The van der Waals surface area contributed by atoms with Gasteiger partial charge in [0.2, 0.25) is 10.0 Å². The quantitative estimate of drug-likeness (QED) is 0.913. The molecule has 6 nitrogen and oxygen atoms in total. The largest absolute Gasteiger partial charge is 0.372 e. The minimum absolute atomic E-state index is 0.0175. The number of rotatable bonds is 3. The average molecular weight is 312 g/mol. The van der Waals surface area contributed by atoms with E-state index in [1.807, 2.05) is 13.8 Å². The maximum atomic E-state index is 12.4. The summed E-state index contributed by atoms with van der Waals surface area (Å²) in [5, 5.41) is 0. The Balaban J connectivity index is 2.09. The fourth-order valence-corrected chi connectivity index (χ4v) is 2.99. The minimum Gasteiger partial charge on any atom is -0.372 e. The SMILES string of the molecule is CC1CN(C(=O)c2ccc(NS(C)(=O)=O)cc2)CC(C)O1. The van der Waals surface area contributed by atoms with Crippen LogP contribution in [0.15, 0.2) is 24.3 Å². The predicted octanol–water partition coefficient (Wildman–Crippen LogP) is 1.31. The number of nitrogens with zero attached hydrogens (tertiary/aromatic N) is 1. The van der Waals surface area contributed by atoms with Crippen molar-refractivity contribution >= 4 is 21.6 Å². The van der Waals surface area contributed by atoms with Crippen molar-refractivity contribution in [2.75, 3.05) is 24.1 Å². The Morgan fingerprint density at radius 2 is 1.71 bits per heavy atom. The summed E-state index contributed by atoms with van der Waals surface area (Å²) in [6, 6.07) is 6.42. The highest BCUT2D eigenvalue weighted by atomic mass is 32.2. The third-order valence-corrected chi connectivity index (χ3v) is 3.75. The molecule has 116 valence electrons. The highest BCUT2D eigenvalue weighted by Crippen LogP contribution is 2.16. The standard InChI is InChI=1S/C14H20N2O4S/c1-10-8-16(9-11(2)20-10)14(17)12-4-6-13(7-5-12)15-21(3,18)19/h4-7,10-11,15H,8-9H2,1-3H3. The van der Waals surface area contributed by atoms with Gasteiger partial charge in [-0.2, -0.15) is 0 Å². The second kappa shape index (κ2) is 6.03. The summed E-state index contributed by atoms with van der Waals surface area (Å²) in [6.07, 6.45) is 1.12. The number of carbonyl (C=O) groups excluding carboxylic acids is 1. The van der Waals surface area contributed by atoms with Gasteiger partial charge in [0.05, 0.1) is 18.5 Å². The van der Waals surface area contributed by atoms with Crippen LogP contribution in [0.1, 0.15) is 24.2 Å². The number of hydrogen-bond donors (Lipinski definition) is 1. The van der Waals surface area contributed by atoms with Gasteiger partial charge in [0.1, 0.15) is 0 Å². The van der Waals surface area contributed by atoms with Crippen molar-refractivity contribution in [1.29, 1.82) is 0 Å². The van der Waals surface area contributed by atoms with Gasteiger partial charge in [-0.15, -0.1) is 0 Å². The van der Waals surface area contributed by atoms with E-state index in [-0.39, 0.29) is 18.1 Å². The van der Waals surface area contributed by atoms with E-state index >= 15 is 0 Å². The fraction of sp³-hybridized carbons (Fsp3) is 0.500. The smallest absolute Gasteiger partial charge is 0.254 e. The third-order valence-electron chi connectivity index (χ3n) is 3.14. The lowest BCUT2D eigenvalue weighted by Crippen LogP contribution is -2.48. The number of nitrogens with one attached hydrogen (secondary N) is 1. The monoisotopic (exact) mass is 312 g/mol. The van der Waals surface area contributed by atoms with E-state index in [2.05, 4.69) is 4.72 Å². The van der Waals surface area contributed by atoms with Crippen molar-refractivity contribution in [2.45, 2.75) is 26.1 Å². The molecule has 1 aliphatic heterocycles. The lowest BCUT2D eigenvalue weighted by molar-refractivity contribution is -0.0586. The normalized spacial score (nSPS) is 22.9. The lowest BCUT2D eigenvalue weighted by atomic mass is 10.1. The highest BCUT2D eigenvalue weighted by Gasteiger charge is 2.26. The van der Waals surface area contributed by atoms with E-state index < -0.39 is 10.0 Å². The van der Waals surface area contributed by atoms with E-state index in [0.717, 1.165) is 6.26 Å². The van der Waals surface area contributed by atoms with Crippen LogP contribution in [0.4, 0.5) is 5.69 Å². The summed E-state index contributed by atoms with van der Waals surface area (Å²) in [4.78, 5) is 14.2. The summed E-state index contributed by atoms with van der Waals surface area (Å²) < 4.78 is 30.3. The number of benzene rings is 1. The third kappa shape index (κ3) is 4.44. The number of sulfonamides is 1. The van der Waals surface area contributed by atoms with Crippen LogP contribution in [0.2, 0.25) is 0 Å². The molecule has 2 atom stereocenters. The molecule has 2 rings (SSSR count). The van der Waals surface area contributed by atoms with Crippen LogP contribution in [-0.4, -0.2) is 50.8 Å². The summed E-state index contributed by atoms with van der Waals surface area (Å²) in [7, 11) is -3.31. The van der Waals surface area contributed by atoms with E-state index in [1.165, 1.54) is 0 Å². The van der Waals surface area contributed by atoms with Crippen LogP contribution in [0, 0.1) is 0 Å². The Morgan fingerprint density at radius 1 is 1.19 bits per heavy atom. The first kappa shape index (κ1) is 15.8. The van der Waals surface area contributed by atoms with E-state index in [4.69, 9.17) is 4.74 Å². The van der Waals surface area contributed by atoms with Crippen molar-refractivity contribution in [1.82, 2.24) is 4.90 Å². The lowest BCUT2D eigenvalue weighted by Gasteiger charge is -2.35. The van der Waals surface area contributed by atoms with Gasteiger partial charge < -0.3 is 9.64 Å². The summed E-state index contributed by atoms with van der Waals surface area (Å²) >= 11 is 0. The molecule has 0 aromatic heterocycles. The molecular formula is C14H20N2O4S. The summed E-state index contributed by atoms with van der Waals surface area (Å²) in [5.41, 5.74) is 0.980. The molecule has 1 amide bonds. The van der Waals surface area contributed by atoms with E-state index in [1.54, 1.807) is 29.2 Å². The number of ether oxygens (including phenoxy) is 1. The molecule has 0 radical (unpaired) electrons. The number of hydrogen-bond acceptors (Lipinski definition) is 4. The Hall–Kier alpha value is -1.60. The molecule has 0 bridgehead atoms. The van der Waals surface area contributed by atoms with Crippen molar-refractivity contribution in [3.63, 3.8) is 0 Å². The van der Waals surface area contributed by atoms with Crippen LogP contribution < -0.4 is 4.72 Å². The molecule has 2 unspecified atom stereocenters. The number of anilines is 1. The maximum Gasteiger partial charge on any atom is 0.254 e. The van der Waals surface area contributed by atoms with E-state index in [0.29, 0.717) is 24.3 Å². The first-order valence-corrected chi connectivity index (χ1v) is 8.66. The summed E-state index contributed by atoms with van der Waals surface area (Å²) in [5.74, 6) is -0.0668. The topological polar surface area (TPSA) is 75.7 Å². The van der Waals surface area contributed by atoms with Gasteiger partial charge in [-0.1, -0.05) is 0 Å². The summed E-state index contributed by atoms with van der Waals surface area (Å²) in [6.45, 7) is 5.00.